The third-order valence-corrected chi connectivity index (χ3v) is 1.75. The lowest BCUT2D eigenvalue weighted by molar-refractivity contribution is -0.136. The third-order valence-electron chi connectivity index (χ3n) is 1.75. The molecule has 3 atom stereocenters. The summed E-state index contributed by atoms with van der Waals surface area (Å²) in [6.07, 6.45) is 1.72. The quantitative estimate of drug-likeness (QED) is 0.335. The van der Waals surface area contributed by atoms with E-state index >= 15 is 0 Å². The van der Waals surface area contributed by atoms with E-state index in [2.05, 4.69) is 11.3 Å². The predicted octanol–water partition coefficient (Wildman–Crippen LogP) is -0.0163. The van der Waals surface area contributed by atoms with Crippen LogP contribution in [0.3, 0.4) is 0 Å². The molecule has 0 radical (unpaired) electrons. The normalized spacial score (nSPS) is 17.6. The van der Waals surface area contributed by atoms with Crippen LogP contribution < -0.4 is 11.5 Å². The Hall–Kier alpha value is -0.870. The van der Waals surface area contributed by atoms with E-state index in [9.17, 15) is 4.79 Å². The summed E-state index contributed by atoms with van der Waals surface area (Å²) in [5, 5.41) is 0. The number of nitrogens with two attached hydrogens (primary N) is 2. The number of carbonyl (C=O) groups is 1. The molecule has 0 saturated carbocycles. The van der Waals surface area contributed by atoms with Crippen LogP contribution in [0, 0.1) is 5.92 Å². The maximum Gasteiger partial charge on any atom is 0.294 e. The van der Waals surface area contributed by atoms with Gasteiger partial charge < -0.3 is 10.5 Å². The molecular weight excluding hydrogens is 156 g/mol. The Morgan fingerprint density at radius 1 is 1.58 bits per heavy atom. The van der Waals surface area contributed by atoms with Crippen LogP contribution in [-0.4, -0.2) is 18.7 Å². The summed E-state index contributed by atoms with van der Waals surface area (Å²) in [6.45, 7) is 5.73. The van der Waals surface area contributed by atoms with Crippen LogP contribution in [0.4, 0.5) is 0 Å². The van der Waals surface area contributed by atoms with Crippen molar-refractivity contribution in [3.63, 3.8) is 0 Å². The molecule has 12 heavy (non-hydrogen) atoms. The largest absolute Gasteiger partial charge is 0.449 e. The Labute approximate surface area is 72.6 Å². The predicted molar refractivity (Wildman–Crippen MR) is 47.1 cm³/mol. The molecule has 0 aromatic carbocycles. The summed E-state index contributed by atoms with van der Waals surface area (Å²) in [5.41, 5.74) is 11.2. The fraction of sp³-hybridized carbons (Fsp3) is 0.625. The summed E-state index contributed by atoms with van der Waals surface area (Å²) >= 11 is 0. The highest BCUT2D eigenvalue weighted by Gasteiger charge is 2.21. The summed E-state index contributed by atoms with van der Waals surface area (Å²) < 4.78 is 4.59. The highest BCUT2D eigenvalue weighted by Crippen LogP contribution is 2.11. The molecule has 0 heterocycles. The molecule has 3 unspecified atom stereocenters. The second-order valence-electron chi connectivity index (χ2n) is 2.74. The van der Waals surface area contributed by atoms with Crippen molar-refractivity contribution in [2.75, 3.05) is 0 Å². The van der Waals surface area contributed by atoms with Gasteiger partial charge in [0.15, 0.2) is 6.23 Å². The number of hydrogen-bond donors (Lipinski definition) is 2. The monoisotopic (exact) mass is 172 g/mol. The van der Waals surface area contributed by atoms with E-state index in [4.69, 9.17) is 11.5 Å². The molecule has 0 rings (SSSR count). The van der Waals surface area contributed by atoms with E-state index < -0.39 is 6.23 Å². The van der Waals surface area contributed by atoms with Gasteiger partial charge in [-0.2, -0.15) is 0 Å². The van der Waals surface area contributed by atoms with Crippen molar-refractivity contribution in [2.45, 2.75) is 25.6 Å². The molecule has 0 spiro atoms. The van der Waals surface area contributed by atoms with Gasteiger partial charge in [0.25, 0.3) is 6.47 Å². The lowest BCUT2D eigenvalue weighted by atomic mass is 9.96. The molecule has 70 valence electrons. The fourth-order valence-corrected chi connectivity index (χ4v) is 1.01. The van der Waals surface area contributed by atoms with Crippen molar-refractivity contribution >= 4 is 6.47 Å². The van der Waals surface area contributed by atoms with Crippen LogP contribution in [0.2, 0.25) is 0 Å². The van der Waals surface area contributed by atoms with E-state index in [0.29, 0.717) is 12.9 Å². The zero-order chi connectivity index (χ0) is 9.56. The summed E-state index contributed by atoms with van der Waals surface area (Å²) in [6, 6.07) is -0.113. The summed E-state index contributed by atoms with van der Waals surface area (Å²) in [7, 11) is 0. The smallest absolute Gasteiger partial charge is 0.294 e. The molecule has 0 aliphatic carbocycles. The van der Waals surface area contributed by atoms with Crippen molar-refractivity contribution < 1.29 is 9.53 Å². The van der Waals surface area contributed by atoms with Gasteiger partial charge in [-0.3, -0.25) is 10.5 Å². The number of allylic oxidation sites excluding steroid dienone is 1. The zero-order valence-corrected chi connectivity index (χ0v) is 7.27. The van der Waals surface area contributed by atoms with Gasteiger partial charge in [-0.15, -0.1) is 6.58 Å². The second-order valence-corrected chi connectivity index (χ2v) is 2.74. The Balaban J connectivity index is 4.07. The van der Waals surface area contributed by atoms with E-state index in [-0.39, 0.29) is 12.0 Å². The average molecular weight is 172 g/mol. The van der Waals surface area contributed by atoms with E-state index in [1.54, 1.807) is 6.08 Å². The number of hydrogen-bond acceptors (Lipinski definition) is 4. The van der Waals surface area contributed by atoms with E-state index in [0.717, 1.165) is 0 Å². The molecule has 0 bridgehead atoms. The van der Waals surface area contributed by atoms with Crippen LogP contribution in [0.15, 0.2) is 12.7 Å². The highest BCUT2D eigenvalue weighted by atomic mass is 16.5. The van der Waals surface area contributed by atoms with Gasteiger partial charge in [-0.25, -0.2) is 0 Å². The average Bonchev–Trinajstić information content (AvgIpc) is 1.99. The Morgan fingerprint density at radius 3 is 2.50 bits per heavy atom. The SMILES string of the molecule is C=CCC(C(C)N)C(N)OC=O. The standard InChI is InChI=1S/C8H16N2O2/c1-3-4-7(6(2)9)8(10)12-5-11/h3,5-8H,1,4,9-10H2,2H3. The zero-order valence-electron chi connectivity index (χ0n) is 7.27. The summed E-state index contributed by atoms with van der Waals surface area (Å²) in [4.78, 5) is 9.98. The minimum atomic E-state index is -0.638. The van der Waals surface area contributed by atoms with Gasteiger partial charge in [0.2, 0.25) is 0 Å². The van der Waals surface area contributed by atoms with Gasteiger partial charge >= 0.3 is 0 Å². The first-order valence-corrected chi connectivity index (χ1v) is 3.84. The first-order chi connectivity index (χ1) is 5.63. The van der Waals surface area contributed by atoms with E-state index in [1.807, 2.05) is 6.92 Å². The number of rotatable bonds is 6. The first-order valence-electron chi connectivity index (χ1n) is 3.84. The third kappa shape index (κ3) is 3.50. The topological polar surface area (TPSA) is 78.3 Å². The second kappa shape index (κ2) is 5.74. The molecule has 4 heteroatoms. The van der Waals surface area contributed by atoms with Crippen molar-refractivity contribution in [3.8, 4) is 0 Å². The van der Waals surface area contributed by atoms with Crippen LogP contribution >= 0.6 is 0 Å². The van der Waals surface area contributed by atoms with Crippen LogP contribution in [-0.2, 0) is 9.53 Å². The molecule has 0 aromatic rings. The van der Waals surface area contributed by atoms with Gasteiger partial charge in [0.05, 0.1) is 0 Å². The molecular formula is C8H16N2O2. The molecule has 4 nitrogen and oxygen atoms in total. The van der Waals surface area contributed by atoms with Crippen molar-refractivity contribution in [1.82, 2.24) is 0 Å². The molecule has 0 fully saturated rings. The van der Waals surface area contributed by atoms with Crippen LogP contribution in [0.5, 0.6) is 0 Å². The van der Waals surface area contributed by atoms with Gasteiger partial charge in [0.1, 0.15) is 0 Å². The lowest BCUT2D eigenvalue weighted by Crippen LogP contribution is -2.42. The van der Waals surface area contributed by atoms with E-state index in [1.165, 1.54) is 0 Å². The Morgan fingerprint density at radius 2 is 2.17 bits per heavy atom. The summed E-state index contributed by atoms with van der Waals surface area (Å²) in [5.74, 6) is -0.0623. The number of carbonyl (C=O) groups excluding carboxylic acids is 1. The lowest BCUT2D eigenvalue weighted by Gasteiger charge is -2.24. The molecule has 0 saturated heterocycles. The van der Waals surface area contributed by atoms with Crippen molar-refractivity contribution in [2.24, 2.45) is 17.4 Å². The number of ether oxygens (including phenoxy) is 1. The van der Waals surface area contributed by atoms with Gasteiger partial charge in [-0.1, -0.05) is 6.08 Å². The first kappa shape index (κ1) is 11.1. The molecule has 0 aliphatic rings. The minimum absolute atomic E-state index is 0.0623. The van der Waals surface area contributed by atoms with Gasteiger partial charge in [-0.05, 0) is 13.3 Å². The fourth-order valence-electron chi connectivity index (χ4n) is 1.01. The van der Waals surface area contributed by atoms with Gasteiger partial charge in [0, 0.05) is 12.0 Å². The Bertz CT molecular complexity index is 148. The molecule has 4 N–H and O–H groups in total. The molecule has 0 amide bonds. The van der Waals surface area contributed by atoms with Crippen molar-refractivity contribution in [1.29, 1.82) is 0 Å². The molecule has 0 aromatic heterocycles. The highest BCUT2D eigenvalue weighted by molar-refractivity contribution is 5.37. The van der Waals surface area contributed by atoms with Crippen molar-refractivity contribution in [3.05, 3.63) is 12.7 Å². The minimum Gasteiger partial charge on any atom is -0.449 e. The Kier molecular flexibility index (Phi) is 5.32. The van der Waals surface area contributed by atoms with Crippen LogP contribution in [0.25, 0.3) is 0 Å². The molecule has 0 aliphatic heterocycles. The maximum absolute atomic E-state index is 9.98. The maximum atomic E-state index is 9.98. The van der Waals surface area contributed by atoms with Crippen LogP contribution in [0.1, 0.15) is 13.3 Å².